The number of carbonyl (C=O) groups excluding carboxylic acids is 1. The van der Waals surface area contributed by atoms with Gasteiger partial charge in [0, 0.05) is 22.2 Å². The largest absolute Gasteiger partial charge is 0.368 e. The van der Waals surface area contributed by atoms with Gasteiger partial charge in [-0.05, 0) is 37.3 Å². The van der Waals surface area contributed by atoms with Gasteiger partial charge in [0.25, 0.3) is 0 Å². The second kappa shape index (κ2) is 9.20. The first-order valence-corrected chi connectivity index (χ1v) is 10.1. The highest BCUT2D eigenvalue weighted by Crippen LogP contribution is 2.15. The lowest BCUT2D eigenvalue weighted by Gasteiger charge is -2.08. The number of nitrogen functional groups attached to an aromatic ring is 1. The molecule has 1 unspecified atom stereocenters. The van der Waals surface area contributed by atoms with Crippen LogP contribution in [0.1, 0.15) is 11.4 Å². The monoisotopic (exact) mass is 414 g/mol. The quantitative estimate of drug-likeness (QED) is 0.543. The zero-order valence-electron chi connectivity index (χ0n) is 15.6. The SMILES string of the molecule is Cc1ccc(Nc2nc(N)nc(CS(=O)CC(=O)Nc3cccc(F)c3)n2)cc1. The normalized spacial score (nSPS) is 11.7. The van der Waals surface area contributed by atoms with Crippen LogP contribution < -0.4 is 16.4 Å². The Labute approximate surface area is 169 Å². The van der Waals surface area contributed by atoms with Gasteiger partial charge < -0.3 is 16.4 Å². The fraction of sp³-hybridized carbons (Fsp3) is 0.158. The van der Waals surface area contributed by atoms with Crippen molar-refractivity contribution in [2.75, 3.05) is 22.1 Å². The van der Waals surface area contributed by atoms with Crippen LogP contribution in [0.25, 0.3) is 0 Å². The molecule has 29 heavy (non-hydrogen) atoms. The number of nitrogens with one attached hydrogen (secondary N) is 2. The molecule has 0 spiro atoms. The molecule has 10 heteroatoms. The van der Waals surface area contributed by atoms with Crippen LogP contribution >= 0.6 is 0 Å². The maximum absolute atomic E-state index is 13.2. The van der Waals surface area contributed by atoms with Crippen LogP contribution in [0.3, 0.4) is 0 Å². The number of nitrogens with zero attached hydrogens (tertiary/aromatic N) is 3. The van der Waals surface area contributed by atoms with E-state index in [2.05, 4.69) is 25.6 Å². The van der Waals surface area contributed by atoms with Gasteiger partial charge in [0.05, 0.1) is 5.75 Å². The van der Waals surface area contributed by atoms with Gasteiger partial charge in [0.15, 0.2) is 0 Å². The van der Waals surface area contributed by atoms with Crippen LogP contribution in [0.2, 0.25) is 0 Å². The van der Waals surface area contributed by atoms with Crippen molar-refractivity contribution in [1.82, 2.24) is 15.0 Å². The molecule has 150 valence electrons. The number of amides is 1. The van der Waals surface area contributed by atoms with E-state index in [1.807, 2.05) is 31.2 Å². The number of rotatable bonds is 7. The third-order valence-corrected chi connectivity index (χ3v) is 4.86. The second-order valence-corrected chi connectivity index (χ2v) is 7.67. The van der Waals surface area contributed by atoms with Gasteiger partial charge in [0.1, 0.15) is 17.4 Å². The van der Waals surface area contributed by atoms with E-state index in [1.165, 1.54) is 18.2 Å². The van der Waals surface area contributed by atoms with Crippen molar-refractivity contribution in [2.24, 2.45) is 0 Å². The first kappa shape index (κ1) is 20.3. The minimum atomic E-state index is -1.59. The highest BCUT2D eigenvalue weighted by atomic mass is 32.2. The lowest BCUT2D eigenvalue weighted by atomic mass is 10.2. The van der Waals surface area contributed by atoms with Crippen LogP contribution in [0.5, 0.6) is 0 Å². The third kappa shape index (κ3) is 6.32. The van der Waals surface area contributed by atoms with Crippen molar-refractivity contribution in [3.63, 3.8) is 0 Å². The Morgan fingerprint density at radius 3 is 2.59 bits per heavy atom. The Kier molecular flexibility index (Phi) is 6.45. The number of carbonyl (C=O) groups is 1. The van der Waals surface area contributed by atoms with Gasteiger partial charge in [0.2, 0.25) is 17.8 Å². The molecule has 0 aliphatic carbocycles. The number of aromatic nitrogens is 3. The zero-order chi connectivity index (χ0) is 20.8. The minimum Gasteiger partial charge on any atom is -0.368 e. The van der Waals surface area contributed by atoms with Gasteiger partial charge in [-0.3, -0.25) is 9.00 Å². The molecule has 0 bridgehead atoms. The molecule has 0 saturated heterocycles. The predicted molar refractivity (Wildman–Crippen MR) is 110 cm³/mol. The molecule has 3 rings (SSSR count). The number of benzene rings is 2. The summed E-state index contributed by atoms with van der Waals surface area (Å²) in [6.45, 7) is 1.97. The number of nitrogens with two attached hydrogens (primary N) is 1. The van der Waals surface area contributed by atoms with Crippen LogP contribution in [0, 0.1) is 12.7 Å². The number of halogens is 1. The molecule has 2 aromatic carbocycles. The number of aryl methyl sites for hydroxylation is 1. The molecule has 0 aliphatic heterocycles. The average molecular weight is 414 g/mol. The van der Waals surface area contributed by atoms with Crippen LogP contribution in [-0.2, 0) is 21.3 Å². The predicted octanol–water partition coefficient (Wildman–Crippen LogP) is 2.53. The molecule has 1 amide bonds. The summed E-state index contributed by atoms with van der Waals surface area (Å²) < 4.78 is 25.5. The molecule has 0 aliphatic rings. The minimum absolute atomic E-state index is 0.0224. The smallest absolute Gasteiger partial charge is 0.237 e. The van der Waals surface area contributed by atoms with Crippen molar-refractivity contribution in [2.45, 2.75) is 12.7 Å². The molecule has 1 atom stereocenters. The van der Waals surface area contributed by atoms with Crippen molar-refractivity contribution in [3.8, 4) is 0 Å². The molecule has 0 radical (unpaired) electrons. The van der Waals surface area contributed by atoms with Gasteiger partial charge in [-0.25, -0.2) is 4.39 Å². The highest BCUT2D eigenvalue weighted by Gasteiger charge is 2.13. The Morgan fingerprint density at radius 1 is 1.10 bits per heavy atom. The van der Waals surface area contributed by atoms with E-state index in [-0.39, 0.29) is 29.2 Å². The third-order valence-electron chi connectivity index (χ3n) is 3.70. The second-order valence-electron chi connectivity index (χ2n) is 6.21. The van der Waals surface area contributed by atoms with E-state index in [1.54, 1.807) is 6.07 Å². The molecule has 0 fully saturated rings. The summed E-state index contributed by atoms with van der Waals surface area (Å²) >= 11 is 0. The number of anilines is 4. The molecule has 8 nitrogen and oxygen atoms in total. The Morgan fingerprint density at radius 2 is 1.86 bits per heavy atom. The van der Waals surface area contributed by atoms with Crippen LogP contribution in [0.4, 0.5) is 27.7 Å². The maximum Gasteiger partial charge on any atom is 0.237 e. The molecule has 0 saturated carbocycles. The molecule has 1 heterocycles. The fourth-order valence-electron chi connectivity index (χ4n) is 2.43. The molecule has 3 aromatic rings. The van der Waals surface area contributed by atoms with Crippen LogP contribution in [-0.4, -0.2) is 30.8 Å². The Bertz CT molecular complexity index is 1050. The number of hydrogen-bond acceptors (Lipinski definition) is 7. The molecule has 1 aromatic heterocycles. The van der Waals surface area contributed by atoms with Gasteiger partial charge in [-0.15, -0.1) is 0 Å². The van der Waals surface area contributed by atoms with Crippen molar-refractivity contribution >= 4 is 40.0 Å². The topological polar surface area (TPSA) is 123 Å². The zero-order valence-corrected chi connectivity index (χ0v) is 16.4. The fourth-order valence-corrected chi connectivity index (χ4v) is 3.31. The summed E-state index contributed by atoms with van der Waals surface area (Å²) in [5.74, 6) is -0.950. The first-order valence-electron chi connectivity index (χ1n) is 8.62. The lowest BCUT2D eigenvalue weighted by Crippen LogP contribution is -2.21. The van der Waals surface area contributed by atoms with Crippen molar-refractivity contribution in [1.29, 1.82) is 0 Å². The highest BCUT2D eigenvalue weighted by molar-refractivity contribution is 7.84. The van der Waals surface area contributed by atoms with Gasteiger partial charge in [-0.2, -0.15) is 15.0 Å². The van der Waals surface area contributed by atoms with Crippen molar-refractivity contribution in [3.05, 3.63) is 65.7 Å². The Balaban J connectivity index is 1.61. The van der Waals surface area contributed by atoms with E-state index in [9.17, 15) is 13.4 Å². The van der Waals surface area contributed by atoms with E-state index >= 15 is 0 Å². The van der Waals surface area contributed by atoms with E-state index < -0.39 is 22.5 Å². The van der Waals surface area contributed by atoms with Crippen LogP contribution in [0.15, 0.2) is 48.5 Å². The molecule has 4 N–H and O–H groups in total. The summed E-state index contributed by atoms with van der Waals surface area (Å²) in [6, 6.07) is 13.0. The maximum atomic E-state index is 13.2. The molecular weight excluding hydrogens is 395 g/mol. The average Bonchev–Trinajstić information content (AvgIpc) is 2.63. The standard InChI is InChI=1S/C19H19FN6O2S/c1-12-5-7-14(8-6-12)23-19-25-16(24-18(21)26-19)10-29(28)11-17(27)22-15-4-2-3-13(20)9-15/h2-9H,10-11H2,1H3,(H,22,27)(H3,21,23,24,25,26). The van der Waals surface area contributed by atoms with Crippen molar-refractivity contribution < 1.29 is 13.4 Å². The summed E-state index contributed by atoms with van der Waals surface area (Å²) in [5.41, 5.74) is 7.88. The van der Waals surface area contributed by atoms with Gasteiger partial charge in [-0.1, -0.05) is 23.8 Å². The first-order chi connectivity index (χ1) is 13.9. The summed E-state index contributed by atoms with van der Waals surface area (Å²) in [5, 5.41) is 5.51. The summed E-state index contributed by atoms with van der Waals surface area (Å²) in [7, 11) is -1.59. The van der Waals surface area contributed by atoms with E-state index in [0.29, 0.717) is 5.69 Å². The van der Waals surface area contributed by atoms with E-state index in [4.69, 9.17) is 5.73 Å². The summed E-state index contributed by atoms with van der Waals surface area (Å²) in [6.07, 6.45) is 0. The lowest BCUT2D eigenvalue weighted by molar-refractivity contribution is -0.113. The summed E-state index contributed by atoms with van der Waals surface area (Å²) in [4.78, 5) is 24.2. The van der Waals surface area contributed by atoms with E-state index in [0.717, 1.165) is 11.3 Å². The molecular formula is C19H19FN6O2S. The van der Waals surface area contributed by atoms with Gasteiger partial charge >= 0.3 is 0 Å². The number of hydrogen-bond donors (Lipinski definition) is 3. The Hall–Kier alpha value is -3.40.